The van der Waals surface area contributed by atoms with E-state index < -0.39 is 0 Å². The molecule has 98 valence electrons. The average Bonchev–Trinajstić information content (AvgIpc) is 2.54. The molecule has 18 heavy (non-hydrogen) atoms. The van der Waals surface area contributed by atoms with Crippen molar-refractivity contribution in [3.63, 3.8) is 0 Å². The van der Waals surface area contributed by atoms with Crippen LogP contribution in [0, 0.1) is 5.92 Å². The van der Waals surface area contributed by atoms with Gasteiger partial charge in [0.15, 0.2) is 0 Å². The second kappa shape index (κ2) is 6.16. The van der Waals surface area contributed by atoms with Crippen LogP contribution in [0.1, 0.15) is 32.1 Å². The Morgan fingerprint density at radius 3 is 2.94 bits per heavy atom. The first-order valence-corrected chi connectivity index (χ1v) is 6.72. The maximum absolute atomic E-state index is 12.2. The van der Waals surface area contributed by atoms with E-state index in [9.17, 15) is 4.79 Å². The van der Waals surface area contributed by atoms with Gasteiger partial charge in [0.25, 0.3) is 0 Å². The van der Waals surface area contributed by atoms with Crippen LogP contribution >= 0.6 is 11.6 Å². The van der Waals surface area contributed by atoms with Gasteiger partial charge in [0, 0.05) is 17.3 Å². The largest absolute Gasteiger partial charge is 0.327 e. The summed E-state index contributed by atoms with van der Waals surface area (Å²) in [6.07, 6.45) is 6.68. The highest BCUT2D eigenvalue weighted by atomic mass is 35.5. The number of nitrogens with zero attached hydrogens (tertiary/aromatic N) is 1. The minimum absolute atomic E-state index is 0.0424. The summed E-state index contributed by atoms with van der Waals surface area (Å²) in [7, 11) is 0. The summed E-state index contributed by atoms with van der Waals surface area (Å²) in [4.78, 5) is 16.2. The fourth-order valence-corrected chi connectivity index (χ4v) is 2.51. The Labute approximate surface area is 112 Å². The van der Waals surface area contributed by atoms with Crippen molar-refractivity contribution in [3.8, 4) is 0 Å². The van der Waals surface area contributed by atoms with Gasteiger partial charge in [-0.1, -0.05) is 30.9 Å². The molecule has 4 nitrogen and oxygen atoms in total. The zero-order valence-electron chi connectivity index (χ0n) is 10.2. The average molecular weight is 268 g/mol. The molecule has 0 bridgehead atoms. The van der Waals surface area contributed by atoms with Gasteiger partial charge in [-0.25, -0.2) is 4.98 Å². The molecule has 0 aliphatic heterocycles. The van der Waals surface area contributed by atoms with E-state index in [1.165, 1.54) is 0 Å². The lowest BCUT2D eigenvalue weighted by Gasteiger charge is -2.20. The molecule has 1 amide bonds. The Kier molecular flexibility index (Phi) is 4.55. The number of hydrogen-bond acceptors (Lipinski definition) is 3. The summed E-state index contributed by atoms with van der Waals surface area (Å²) >= 11 is 5.85. The highest BCUT2D eigenvalue weighted by Crippen LogP contribution is 2.23. The predicted octanol–water partition coefficient (Wildman–Crippen LogP) is 2.58. The maximum Gasteiger partial charge on any atom is 0.230 e. The molecule has 1 fully saturated rings. The van der Waals surface area contributed by atoms with Crippen molar-refractivity contribution in [3.05, 3.63) is 23.4 Å². The van der Waals surface area contributed by atoms with E-state index in [4.69, 9.17) is 17.3 Å². The van der Waals surface area contributed by atoms with Crippen LogP contribution in [0.25, 0.3) is 0 Å². The van der Waals surface area contributed by atoms with Crippen molar-refractivity contribution in [2.24, 2.45) is 11.7 Å². The van der Waals surface area contributed by atoms with Crippen molar-refractivity contribution >= 4 is 23.3 Å². The minimum atomic E-state index is -0.117. The minimum Gasteiger partial charge on any atom is -0.327 e. The number of anilines is 1. The SMILES string of the molecule is NC1CCCCCC1C(=O)Nc1cc(Cl)ccn1. The molecule has 3 N–H and O–H groups in total. The van der Waals surface area contributed by atoms with Crippen LogP contribution < -0.4 is 11.1 Å². The quantitative estimate of drug-likeness (QED) is 0.810. The van der Waals surface area contributed by atoms with Crippen molar-refractivity contribution in [2.45, 2.75) is 38.1 Å². The molecule has 1 aromatic rings. The number of halogens is 1. The zero-order chi connectivity index (χ0) is 13.0. The topological polar surface area (TPSA) is 68.0 Å². The Bertz CT molecular complexity index is 424. The van der Waals surface area contributed by atoms with Crippen molar-refractivity contribution in [1.82, 2.24) is 4.98 Å². The van der Waals surface area contributed by atoms with Crippen LogP contribution in [-0.4, -0.2) is 16.9 Å². The third kappa shape index (κ3) is 3.43. The molecule has 0 saturated heterocycles. The highest BCUT2D eigenvalue weighted by Gasteiger charge is 2.27. The van der Waals surface area contributed by atoms with E-state index in [1.54, 1.807) is 18.3 Å². The van der Waals surface area contributed by atoms with Crippen molar-refractivity contribution in [1.29, 1.82) is 0 Å². The normalized spacial score (nSPS) is 24.3. The molecule has 1 heterocycles. The number of rotatable bonds is 2. The molecule has 1 aromatic heterocycles. The summed E-state index contributed by atoms with van der Waals surface area (Å²) < 4.78 is 0. The first kappa shape index (κ1) is 13.3. The number of pyridine rings is 1. The van der Waals surface area contributed by atoms with Crippen LogP contribution in [0.5, 0.6) is 0 Å². The van der Waals surface area contributed by atoms with E-state index in [2.05, 4.69) is 10.3 Å². The van der Waals surface area contributed by atoms with Crippen molar-refractivity contribution in [2.75, 3.05) is 5.32 Å². The van der Waals surface area contributed by atoms with Gasteiger partial charge in [0.1, 0.15) is 5.82 Å². The lowest BCUT2D eigenvalue weighted by Crippen LogP contribution is -2.37. The number of aromatic nitrogens is 1. The lowest BCUT2D eigenvalue weighted by atomic mass is 9.94. The predicted molar refractivity (Wildman–Crippen MR) is 72.4 cm³/mol. The third-order valence-electron chi connectivity index (χ3n) is 3.38. The smallest absolute Gasteiger partial charge is 0.230 e. The molecule has 5 heteroatoms. The number of nitrogens with one attached hydrogen (secondary N) is 1. The van der Waals surface area contributed by atoms with Gasteiger partial charge in [-0.15, -0.1) is 0 Å². The molecular weight excluding hydrogens is 250 g/mol. The van der Waals surface area contributed by atoms with Crippen LogP contribution in [0.2, 0.25) is 5.02 Å². The summed E-state index contributed by atoms with van der Waals surface area (Å²) in [6, 6.07) is 3.27. The van der Waals surface area contributed by atoms with Crippen LogP contribution in [0.4, 0.5) is 5.82 Å². The zero-order valence-corrected chi connectivity index (χ0v) is 11.0. The number of nitrogens with two attached hydrogens (primary N) is 1. The van der Waals surface area contributed by atoms with Gasteiger partial charge in [0.05, 0.1) is 5.92 Å². The monoisotopic (exact) mass is 267 g/mol. The van der Waals surface area contributed by atoms with E-state index >= 15 is 0 Å². The van der Waals surface area contributed by atoms with Gasteiger partial charge in [-0.2, -0.15) is 0 Å². The molecule has 2 atom stereocenters. The van der Waals surface area contributed by atoms with E-state index in [-0.39, 0.29) is 17.9 Å². The molecule has 1 saturated carbocycles. The summed E-state index contributed by atoms with van der Waals surface area (Å²) in [6.45, 7) is 0. The molecule has 1 aliphatic rings. The fourth-order valence-electron chi connectivity index (χ4n) is 2.35. The summed E-state index contributed by atoms with van der Waals surface area (Å²) in [5.41, 5.74) is 6.06. The second-order valence-electron chi connectivity index (χ2n) is 4.76. The maximum atomic E-state index is 12.2. The van der Waals surface area contributed by atoms with Gasteiger partial charge >= 0.3 is 0 Å². The number of amides is 1. The molecule has 0 radical (unpaired) electrons. The van der Waals surface area contributed by atoms with Crippen molar-refractivity contribution < 1.29 is 4.79 Å². The number of carbonyl (C=O) groups excluding carboxylic acids is 1. The first-order valence-electron chi connectivity index (χ1n) is 6.35. The highest BCUT2D eigenvalue weighted by molar-refractivity contribution is 6.30. The number of hydrogen-bond donors (Lipinski definition) is 2. The molecule has 0 aromatic carbocycles. The van der Waals surface area contributed by atoms with Gasteiger partial charge in [-0.3, -0.25) is 4.79 Å². The summed E-state index contributed by atoms with van der Waals surface area (Å²) in [5.74, 6) is 0.330. The third-order valence-corrected chi connectivity index (χ3v) is 3.61. The fraction of sp³-hybridized carbons (Fsp3) is 0.538. The molecule has 2 rings (SSSR count). The second-order valence-corrected chi connectivity index (χ2v) is 5.19. The lowest BCUT2D eigenvalue weighted by molar-refractivity contribution is -0.120. The Hall–Kier alpha value is -1.13. The van der Waals surface area contributed by atoms with Gasteiger partial charge < -0.3 is 11.1 Å². The number of carbonyl (C=O) groups is 1. The Morgan fingerprint density at radius 1 is 1.39 bits per heavy atom. The Morgan fingerprint density at radius 2 is 2.17 bits per heavy atom. The van der Waals surface area contributed by atoms with E-state index in [1.807, 2.05) is 0 Å². The molecule has 0 spiro atoms. The van der Waals surface area contributed by atoms with Gasteiger partial charge in [0.2, 0.25) is 5.91 Å². The van der Waals surface area contributed by atoms with Crippen LogP contribution in [-0.2, 0) is 4.79 Å². The van der Waals surface area contributed by atoms with Crippen LogP contribution in [0.3, 0.4) is 0 Å². The van der Waals surface area contributed by atoms with Crippen LogP contribution in [0.15, 0.2) is 18.3 Å². The van der Waals surface area contributed by atoms with Gasteiger partial charge in [-0.05, 0) is 25.0 Å². The Balaban J connectivity index is 2.02. The molecular formula is C13H18ClN3O. The van der Waals surface area contributed by atoms with E-state index in [0.717, 1.165) is 32.1 Å². The summed E-state index contributed by atoms with van der Waals surface area (Å²) in [5, 5.41) is 3.36. The standard InChI is InChI=1S/C13H18ClN3O/c14-9-6-7-16-12(8-9)17-13(18)10-4-2-1-3-5-11(10)15/h6-8,10-11H,1-5,15H2,(H,16,17,18). The molecule has 1 aliphatic carbocycles. The van der Waals surface area contributed by atoms with E-state index in [0.29, 0.717) is 10.8 Å². The molecule has 2 unspecified atom stereocenters. The first-order chi connectivity index (χ1) is 8.66.